The second-order valence-electron chi connectivity index (χ2n) is 4.27. The zero-order valence-corrected chi connectivity index (χ0v) is 12.3. The molecule has 2 aromatic carbocycles. The zero-order chi connectivity index (χ0) is 15.1. The van der Waals surface area contributed by atoms with Gasteiger partial charge < -0.3 is 0 Å². The van der Waals surface area contributed by atoms with Crippen molar-refractivity contribution in [1.29, 1.82) is 0 Å². The predicted octanol–water partition coefficient (Wildman–Crippen LogP) is 2.90. The molecule has 108 valence electrons. The smallest absolute Gasteiger partial charge is 0.200 e. The lowest BCUT2D eigenvalue weighted by molar-refractivity contribution is 0.464. The van der Waals surface area contributed by atoms with Gasteiger partial charge in [0, 0.05) is 0 Å². The van der Waals surface area contributed by atoms with Gasteiger partial charge in [0.05, 0.1) is 17.7 Å². The van der Waals surface area contributed by atoms with Crippen LogP contribution in [0.1, 0.15) is 5.56 Å². The van der Waals surface area contributed by atoms with Crippen LogP contribution in [-0.4, -0.2) is 25.6 Å². The summed E-state index contributed by atoms with van der Waals surface area (Å²) in [6, 6.07) is 17.5. The van der Waals surface area contributed by atoms with E-state index in [0.717, 1.165) is 9.98 Å². The van der Waals surface area contributed by atoms with E-state index in [4.69, 9.17) is 0 Å². The normalized spacial score (nSPS) is 11.4. The highest BCUT2D eigenvalue weighted by Gasteiger charge is 2.21. The maximum atomic E-state index is 12.5. The summed E-state index contributed by atoms with van der Waals surface area (Å²) in [4.78, 5) is 0.206. The van der Waals surface area contributed by atoms with Crippen molar-refractivity contribution in [2.24, 2.45) is 5.10 Å². The quantitative estimate of drug-likeness (QED) is 0.468. The van der Waals surface area contributed by atoms with Crippen LogP contribution in [0, 0.1) is 0 Å². The van der Waals surface area contributed by atoms with Crippen molar-refractivity contribution in [2.45, 2.75) is 4.90 Å². The molecule has 0 radical (unpaired) electrons. The van der Waals surface area contributed by atoms with Crippen LogP contribution in [0.3, 0.4) is 0 Å². The summed E-state index contributed by atoms with van der Waals surface area (Å²) in [5.74, 6) is 0. The molecule has 0 N–H and O–H groups in total. The number of nitrogens with zero attached hydrogens (tertiary/aromatic N) is 2. The fourth-order valence-electron chi connectivity index (χ4n) is 1.70. The SMILES string of the molecule is C=CCN(/N=C/c1ccccc1)S(=O)(=O)c1ccccc1. The zero-order valence-electron chi connectivity index (χ0n) is 11.5. The first-order valence-electron chi connectivity index (χ1n) is 6.42. The van der Waals surface area contributed by atoms with E-state index in [1.54, 1.807) is 30.3 Å². The topological polar surface area (TPSA) is 49.7 Å². The highest BCUT2D eigenvalue weighted by Crippen LogP contribution is 2.15. The highest BCUT2D eigenvalue weighted by molar-refractivity contribution is 7.89. The van der Waals surface area contributed by atoms with Crippen LogP contribution in [-0.2, 0) is 10.0 Å². The maximum Gasteiger partial charge on any atom is 0.279 e. The van der Waals surface area contributed by atoms with Crippen LogP contribution in [0.5, 0.6) is 0 Å². The number of sulfonamides is 1. The van der Waals surface area contributed by atoms with Gasteiger partial charge in [-0.15, -0.1) is 6.58 Å². The van der Waals surface area contributed by atoms with Crippen molar-refractivity contribution >= 4 is 16.2 Å². The molecule has 0 aliphatic carbocycles. The van der Waals surface area contributed by atoms with Crippen LogP contribution >= 0.6 is 0 Å². The summed E-state index contributed by atoms with van der Waals surface area (Å²) in [6.45, 7) is 3.69. The maximum absolute atomic E-state index is 12.5. The van der Waals surface area contributed by atoms with E-state index in [1.165, 1.54) is 12.3 Å². The molecule has 2 rings (SSSR count). The van der Waals surface area contributed by atoms with Crippen molar-refractivity contribution in [3.63, 3.8) is 0 Å². The van der Waals surface area contributed by atoms with E-state index in [2.05, 4.69) is 11.7 Å². The monoisotopic (exact) mass is 300 g/mol. The third-order valence-corrected chi connectivity index (χ3v) is 4.41. The van der Waals surface area contributed by atoms with E-state index in [1.807, 2.05) is 30.3 Å². The first-order chi connectivity index (χ1) is 10.1. The molecule has 0 heterocycles. The minimum absolute atomic E-state index is 0.112. The Labute approximate surface area is 125 Å². The first-order valence-corrected chi connectivity index (χ1v) is 7.86. The van der Waals surface area contributed by atoms with Crippen molar-refractivity contribution in [1.82, 2.24) is 4.41 Å². The van der Waals surface area contributed by atoms with Gasteiger partial charge in [0.1, 0.15) is 0 Å². The van der Waals surface area contributed by atoms with E-state index in [9.17, 15) is 8.42 Å². The average Bonchev–Trinajstić information content (AvgIpc) is 2.53. The molecule has 0 amide bonds. The second-order valence-corrected chi connectivity index (χ2v) is 6.11. The molecule has 0 saturated heterocycles. The Kier molecular flexibility index (Phi) is 4.90. The van der Waals surface area contributed by atoms with Gasteiger partial charge in [-0.1, -0.05) is 54.6 Å². The minimum atomic E-state index is -3.67. The van der Waals surface area contributed by atoms with Gasteiger partial charge in [0.25, 0.3) is 10.0 Å². The van der Waals surface area contributed by atoms with Crippen molar-refractivity contribution in [3.05, 3.63) is 78.9 Å². The van der Waals surface area contributed by atoms with Gasteiger partial charge in [-0.3, -0.25) is 0 Å². The minimum Gasteiger partial charge on any atom is -0.200 e. The van der Waals surface area contributed by atoms with Crippen LogP contribution in [0.25, 0.3) is 0 Å². The van der Waals surface area contributed by atoms with Gasteiger partial charge >= 0.3 is 0 Å². The van der Waals surface area contributed by atoms with Gasteiger partial charge in [-0.05, 0) is 17.7 Å². The average molecular weight is 300 g/mol. The summed E-state index contributed by atoms with van der Waals surface area (Å²) in [5.41, 5.74) is 0.829. The Balaban J connectivity index is 2.31. The summed E-state index contributed by atoms with van der Waals surface area (Å²) < 4.78 is 26.0. The van der Waals surface area contributed by atoms with E-state index >= 15 is 0 Å². The summed E-state index contributed by atoms with van der Waals surface area (Å²) >= 11 is 0. The van der Waals surface area contributed by atoms with Crippen LogP contribution in [0.2, 0.25) is 0 Å². The Morgan fingerprint density at radius 1 is 1.00 bits per heavy atom. The lowest BCUT2D eigenvalue weighted by Gasteiger charge is -2.17. The lowest BCUT2D eigenvalue weighted by Crippen LogP contribution is -2.26. The number of hydrogen-bond donors (Lipinski definition) is 0. The molecule has 0 aliphatic heterocycles. The first kappa shape index (κ1) is 15.0. The number of hydrogen-bond acceptors (Lipinski definition) is 3. The highest BCUT2D eigenvalue weighted by atomic mass is 32.2. The molecule has 0 aromatic heterocycles. The summed E-state index contributed by atoms with van der Waals surface area (Å²) in [5, 5.41) is 4.08. The molecule has 0 spiro atoms. The Morgan fingerprint density at radius 2 is 1.57 bits per heavy atom. The Morgan fingerprint density at radius 3 is 2.14 bits per heavy atom. The molecule has 4 nitrogen and oxygen atoms in total. The van der Waals surface area contributed by atoms with E-state index in [-0.39, 0.29) is 11.4 Å². The predicted molar refractivity (Wildman–Crippen MR) is 84.6 cm³/mol. The third-order valence-electron chi connectivity index (χ3n) is 2.74. The molecular formula is C16H16N2O2S. The fourth-order valence-corrected chi connectivity index (χ4v) is 2.92. The number of benzene rings is 2. The van der Waals surface area contributed by atoms with Crippen molar-refractivity contribution in [3.8, 4) is 0 Å². The summed E-state index contributed by atoms with van der Waals surface area (Å²) in [7, 11) is -3.67. The Hall–Kier alpha value is -2.40. The van der Waals surface area contributed by atoms with Crippen LogP contribution in [0.4, 0.5) is 0 Å². The second kappa shape index (κ2) is 6.85. The van der Waals surface area contributed by atoms with Crippen molar-refractivity contribution in [2.75, 3.05) is 6.54 Å². The number of rotatable bonds is 6. The van der Waals surface area contributed by atoms with Gasteiger partial charge in [0.2, 0.25) is 0 Å². The molecule has 0 aliphatic rings. The van der Waals surface area contributed by atoms with Crippen molar-refractivity contribution < 1.29 is 8.42 Å². The van der Waals surface area contributed by atoms with Crippen LogP contribution in [0.15, 0.2) is 83.3 Å². The largest absolute Gasteiger partial charge is 0.279 e. The van der Waals surface area contributed by atoms with Gasteiger partial charge in [-0.25, -0.2) is 0 Å². The molecule has 0 fully saturated rings. The third kappa shape index (κ3) is 3.79. The molecule has 21 heavy (non-hydrogen) atoms. The number of hydrazone groups is 1. The van der Waals surface area contributed by atoms with E-state index in [0.29, 0.717) is 0 Å². The molecular weight excluding hydrogens is 284 g/mol. The molecule has 5 heteroatoms. The fraction of sp³-hybridized carbons (Fsp3) is 0.0625. The van der Waals surface area contributed by atoms with E-state index < -0.39 is 10.0 Å². The molecule has 0 saturated carbocycles. The Bertz CT molecular complexity index is 710. The lowest BCUT2D eigenvalue weighted by atomic mass is 10.2. The standard InChI is InChI=1S/C16H16N2O2S/c1-2-13-18(17-14-15-9-5-3-6-10-15)21(19,20)16-11-7-4-8-12-16/h2-12,14H,1,13H2/b17-14+. The molecule has 2 aromatic rings. The molecule has 0 atom stereocenters. The molecule has 0 bridgehead atoms. The van der Waals surface area contributed by atoms with Gasteiger partial charge in [-0.2, -0.15) is 17.9 Å². The summed E-state index contributed by atoms with van der Waals surface area (Å²) in [6.07, 6.45) is 3.02. The molecule has 0 unspecified atom stereocenters. The van der Waals surface area contributed by atoms with Gasteiger partial charge in [0.15, 0.2) is 0 Å². The van der Waals surface area contributed by atoms with Crippen LogP contribution < -0.4 is 0 Å².